The molecule has 0 amide bonds. The van der Waals surface area contributed by atoms with Crippen LogP contribution in [0.3, 0.4) is 0 Å². The highest BCUT2D eigenvalue weighted by Crippen LogP contribution is 2.29. The van der Waals surface area contributed by atoms with E-state index in [0.29, 0.717) is 16.2 Å². The first-order chi connectivity index (χ1) is 11.2. The van der Waals surface area contributed by atoms with Crippen LogP contribution in [0.4, 0.5) is 4.39 Å². The van der Waals surface area contributed by atoms with Crippen molar-refractivity contribution in [2.45, 2.75) is 30.8 Å². The zero-order chi connectivity index (χ0) is 16.2. The van der Waals surface area contributed by atoms with Gasteiger partial charge in [-0.15, -0.1) is 10.2 Å². The maximum absolute atomic E-state index is 13.0. The van der Waals surface area contributed by atoms with E-state index in [1.54, 1.807) is 23.9 Å². The van der Waals surface area contributed by atoms with Gasteiger partial charge in [-0.25, -0.2) is 4.39 Å². The van der Waals surface area contributed by atoms with E-state index in [-0.39, 0.29) is 5.82 Å². The molecule has 0 radical (unpaired) electrons. The third kappa shape index (κ3) is 3.84. The van der Waals surface area contributed by atoms with E-state index in [0.717, 1.165) is 29.5 Å². The summed E-state index contributed by atoms with van der Waals surface area (Å²) in [5.74, 6) is 1.90. The van der Waals surface area contributed by atoms with Crippen LogP contribution in [0.1, 0.15) is 18.9 Å². The van der Waals surface area contributed by atoms with Crippen LogP contribution in [0.25, 0.3) is 11.6 Å². The monoisotopic (exact) mass is 395 g/mol. The summed E-state index contributed by atoms with van der Waals surface area (Å²) >= 11 is 4.89. The lowest BCUT2D eigenvalue weighted by Gasteiger charge is -2.07. The fourth-order valence-electron chi connectivity index (χ4n) is 2.17. The second kappa shape index (κ2) is 7.31. The molecule has 0 aliphatic rings. The molecule has 7 heteroatoms. The number of hydrogen-bond acceptors (Lipinski definition) is 4. The fraction of sp³-hybridized carbons (Fsp3) is 0.250. The lowest BCUT2D eigenvalue weighted by Crippen LogP contribution is -2.01. The van der Waals surface area contributed by atoms with Crippen molar-refractivity contribution in [3.05, 3.63) is 52.4 Å². The lowest BCUT2D eigenvalue weighted by molar-refractivity contribution is 0.539. The van der Waals surface area contributed by atoms with Crippen molar-refractivity contribution in [3.8, 4) is 11.6 Å². The Kier molecular flexibility index (Phi) is 5.17. The quantitative estimate of drug-likeness (QED) is 0.541. The predicted molar refractivity (Wildman–Crippen MR) is 91.7 cm³/mol. The SMILES string of the molecule is CCCn1c(SCc2ccc(F)cc2)nnc1-c1ccc(Br)o1. The van der Waals surface area contributed by atoms with E-state index >= 15 is 0 Å². The first-order valence-electron chi connectivity index (χ1n) is 7.23. The lowest BCUT2D eigenvalue weighted by atomic mass is 10.2. The van der Waals surface area contributed by atoms with Gasteiger partial charge in [-0.3, -0.25) is 4.57 Å². The summed E-state index contributed by atoms with van der Waals surface area (Å²) in [6.07, 6.45) is 0.969. The highest BCUT2D eigenvalue weighted by molar-refractivity contribution is 9.10. The van der Waals surface area contributed by atoms with Gasteiger partial charge in [0.2, 0.25) is 5.82 Å². The van der Waals surface area contributed by atoms with Crippen molar-refractivity contribution in [3.63, 3.8) is 0 Å². The second-order valence-corrected chi connectivity index (χ2v) is 6.70. The summed E-state index contributed by atoms with van der Waals surface area (Å²) in [6, 6.07) is 10.2. The number of nitrogens with zero attached hydrogens (tertiary/aromatic N) is 3. The Morgan fingerprint density at radius 3 is 2.61 bits per heavy atom. The van der Waals surface area contributed by atoms with Gasteiger partial charge in [0.05, 0.1) is 0 Å². The van der Waals surface area contributed by atoms with Gasteiger partial charge in [-0.1, -0.05) is 30.8 Å². The molecule has 3 rings (SSSR count). The first kappa shape index (κ1) is 16.3. The van der Waals surface area contributed by atoms with Gasteiger partial charge in [0.25, 0.3) is 0 Å². The molecule has 0 fully saturated rings. The molecule has 0 atom stereocenters. The van der Waals surface area contributed by atoms with E-state index in [1.807, 2.05) is 12.1 Å². The molecule has 1 aromatic carbocycles. The van der Waals surface area contributed by atoms with Gasteiger partial charge < -0.3 is 4.42 Å². The van der Waals surface area contributed by atoms with Crippen molar-refractivity contribution in [2.75, 3.05) is 0 Å². The fourth-order valence-corrected chi connectivity index (χ4v) is 3.39. The number of rotatable bonds is 6. The molecule has 0 saturated carbocycles. The van der Waals surface area contributed by atoms with Gasteiger partial charge in [-0.05, 0) is 52.2 Å². The molecule has 0 aliphatic carbocycles. The van der Waals surface area contributed by atoms with Crippen LogP contribution in [0.5, 0.6) is 0 Å². The number of hydrogen-bond donors (Lipinski definition) is 0. The van der Waals surface area contributed by atoms with E-state index in [9.17, 15) is 4.39 Å². The number of benzene rings is 1. The molecular weight excluding hydrogens is 381 g/mol. The smallest absolute Gasteiger partial charge is 0.200 e. The van der Waals surface area contributed by atoms with E-state index in [2.05, 4.69) is 37.6 Å². The van der Waals surface area contributed by atoms with Crippen molar-refractivity contribution < 1.29 is 8.81 Å². The molecule has 0 aliphatic heterocycles. The summed E-state index contributed by atoms with van der Waals surface area (Å²) in [5.41, 5.74) is 1.05. The van der Waals surface area contributed by atoms with Gasteiger partial charge in [-0.2, -0.15) is 0 Å². The number of aromatic nitrogens is 3. The number of furan rings is 1. The minimum Gasteiger partial charge on any atom is -0.446 e. The Morgan fingerprint density at radius 2 is 1.96 bits per heavy atom. The minimum atomic E-state index is -0.224. The third-order valence-corrected chi connectivity index (χ3v) is 4.70. The third-order valence-electron chi connectivity index (χ3n) is 3.24. The van der Waals surface area contributed by atoms with Crippen LogP contribution in [0.15, 0.2) is 50.6 Å². The van der Waals surface area contributed by atoms with E-state index < -0.39 is 0 Å². The Hall–Kier alpha value is -1.60. The summed E-state index contributed by atoms with van der Waals surface area (Å²) in [5, 5.41) is 9.37. The summed E-state index contributed by atoms with van der Waals surface area (Å²) in [7, 11) is 0. The van der Waals surface area contributed by atoms with Crippen LogP contribution >= 0.6 is 27.7 Å². The zero-order valence-corrected chi connectivity index (χ0v) is 14.9. The summed E-state index contributed by atoms with van der Waals surface area (Å²) < 4.78 is 21.3. The average Bonchev–Trinajstić information content (AvgIpc) is 3.14. The van der Waals surface area contributed by atoms with Gasteiger partial charge in [0.1, 0.15) is 5.82 Å². The molecule has 0 N–H and O–H groups in total. The van der Waals surface area contributed by atoms with E-state index in [4.69, 9.17) is 4.42 Å². The zero-order valence-electron chi connectivity index (χ0n) is 12.5. The van der Waals surface area contributed by atoms with Crippen LogP contribution in [0, 0.1) is 5.82 Å². The molecule has 0 spiro atoms. The highest BCUT2D eigenvalue weighted by atomic mass is 79.9. The molecule has 0 bridgehead atoms. The van der Waals surface area contributed by atoms with Gasteiger partial charge in [0.15, 0.2) is 15.6 Å². The molecule has 2 heterocycles. The number of halogens is 2. The van der Waals surface area contributed by atoms with Crippen molar-refractivity contribution in [1.82, 2.24) is 14.8 Å². The first-order valence-corrected chi connectivity index (χ1v) is 9.01. The van der Waals surface area contributed by atoms with Crippen LogP contribution in [0.2, 0.25) is 0 Å². The average molecular weight is 396 g/mol. The molecule has 120 valence electrons. The topological polar surface area (TPSA) is 43.9 Å². The van der Waals surface area contributed by atoms with Gasteiger partial charge >= 0.3 is 0 Å². The molecule has 23 heavy (non-hydrogen) atoms. The maximum atomic E-state index is 13.0. The van der Waals surface area contributed by atoms with Crippen molar-refractivity contribution >= 4 is 27.7 Å². The molecule has 0 saturated heterocycles. The van der Waals surface area contributed by atoms with Crippen molar-refractivity contribution in [2.24, 2.45) is 0 Å². The molecular formula is C16H15BrFN3OS. The Labute approximate surface area is 146 Å². The largest absolute Gasteiger partial charge is 0.446 e. The normalized spacial score (nSPS) is 11.1. The van der Waals surface area contributed by atoms with Gasteiger partial charge in [0, 0.05) is 12.3 Å². The Balaban J connectivity index is 1.81. The second-order valence-electron chi connectivity index (χ2n) is 4.98. The van der Waals surface area contributed by atoms with Crippen LogP contribution in [-0.2, 0) is 12.3 Å². The maximum Gasteiger partial charge on any atom is 0.200 e. The van der Waals surface area contributed by atoms with Crippen LogP contribution < -0.4 is 0 Å². The predicted octanol–water partition coefficient (Wildman–Crippen LogP) is 5.14. The van der Waals surface area contributed by atoms with Crippen molar-refractivity contribution in [1.29, 1.82) is 0 Å². The molecule has 3 aromatic rings. The highest BCUT2D eigenvalue weighted by Gasteiger charge is 2.16. The molecule has 2 aromatic heterocycles. The summed E-state index contributed by atoms with van der Waals surface area (Å²) in [4.78, 5) is 0. The van der Waals surface area contributed by atoms with E-state index in [1.165, 1.54) is 12.1 Å². The number of thioether (sulfide) groups is 1. The van der Waals surface area contributed by atoms with Crippen LogP contribution in [-0.4, -0.2) is 14.8 Å². The Morgan fingerprint density at radius 1 is 1.17 bits per heavy atom. The molecule has 0 unspecified atom stereocenters. The standard InChI is InChI=1S/C16H15BrFN3OS/c1-2-9-21-15(13-7-8-14(17)22-13)19-20-16(21)23-10-11-3-5-12(18)6-4-11/h3-8H,2,9-10H2,1H3. The Bertz CT molecular complexity index is 785. The summed E-state index contributed by atoms with van der Waals surface area (Å²) in [6.45, 7) is 2.92. The minimum absolute atomic E-state index is 0.224. The molecule has 4 nitrogen and oxygen atoms in total.